The van der Waals surface area contributed by atoms with E-state index in [-0.39, 0.29) is 22.9 Å². The van der Waals surface area contributed by atoms with Crippen molar-refractivity contribution in [1.82, 2.24) is 5.32 Å². The second kappa shape index (κ2) is 5.83. The van der Waals surface area contributed by atoms with Crippen LogP contribution in [-0.4, -0.2) is 18.7 Å². The molecule has 0 aromatic heterocycles. The summed E-state index contributed by atoms with van der Waals surface area (Å²) in [5.74, 6) is -1.04. The summed E-state index contributed by atoms with van der Waals surface area (Å²) in [6.07, 6.45) is -3.19. The smallest absolute Gasteiger partial charge is 0.395 e. The topological polar surface area (TPSA) is 47.6 Å². The molecule has 0 aliphatic carbocycles. The molecule has 0 unspecified atom stereocenters. The number of alkyl halides is 2. The molecule has 1 heterocycles. The van der Waals surface area contributed by atoms with Crippen LogP contribution >= 0.6 is 0 Å². The van der Waals surface area contributed by atoms with Gasteiger partial charge < -0.3 is 14.8 Å². The third kappa shape index (κ3) is 3.56. The Labute approximate surface area is 129 Å². The van der Waals surface area contributed by atoms with Gasteiger partial charge in [-0.1, -0.05) is 12.1 Å². The number of amides is 1. The quantitative estimate of drug-likeness (QED) is 0.940. The highest BCUT2D eigenvalue weighted by Gasteiger charge is 2.43. The zero-order valence-corrected chi connectivity index (χ0v) is 11.8. The molecule has 0 fully saturated rings. The monoisotopic (exact) mass is 323 g/mol. The van der Waals surface area contributed by atoms with Crippen molar-refractivity contribution in [2.24, 2.45) is 0 Å². The van der Waals surface area contributed by atoms with Crippen LogP contribution in [-0.2, 0) is 6.42 Å². The van der Waals surface area contributed by atoms with E-state index in [9.17, 15) is 18.0 Å². The predicted molar refractivity (Wildman–Crippen MR) is 75.1 cm³/mol. The maximum Gasteiger partial charge on any atom is 0.586 e. The fourth-order valence-electron chi connectivity index (χ4n) is 2.16. The molecule has 2 aromatic rings. The number of benzene rings is 2. The lowest BCUT2D eigenvalue weighted by molar-refractivity contribution is -0.286. The second-order valence-corrected chi connectivity index (χ2v) is 4.96. The summed E-state index contributed by atoms with van der Waals surface area (Å²) in [5, 5.41) is 2.66. The summed E-state index contributed by atoms with van der Waals surface area (Å²) >= 11 is 0. The molecule has 120 valence electrons. The fourth-order valence-corrected chi connectivity index (χ4v) is 2.16. The van der Waals surface area contributed by atoms with Crippen LogP contribution in [0.25, 0.3) is 0 Å². The fraction of sp³-hybridized carbons (Fsp3) is 0.188. The Hall–Kier alpha value is -2.70. The lowest BCUT2D eigenvalue weighted by Crippen LogP contribution is -2.26. The van der Waals surface area contributed by atoms with Crippen molar-refractivity contribution in [2.45, 2.75) is 12.7 Å². The third-order valence-corrected chi connectivity index (χ3v) is 3.28. The standard InChI is InChI=1S/C16H12F3NO3/c17-12-4-1-10(2-5-12)7-8-20-15(21)11-3-6-13-14(9-11)23-16(18,19)22-13/h1-6,9H,7-8H2,(H,20,21). The van der Waals surface area contributed by atoms with Crippen LogP contribution in [0, 0.1) is 5.82 Å². The molecule has 0 radical (unpaired) electrons. The highest BCUT2D eigenvalue weighted by molar-refractivity contribution is 5.94. The van der Waals surface area contributed by atoms with Crippen molar-refractivity contribution in [3.8, 4) is 11.5 Å². The number of hydrogen-bond acceptors (Lipinski definition) is 3. The number of carbonyl (C=O) groups is 1. The Bertz CT molecular complexity index is 732. The molecular weight excluding hydrogens is 311 g/mol. The van der Waals surface area contributed by atoms with E-state index >= 15 is 0 Å². The van der Waals surface area contributed by atoms with Crippen LogP contribution in [0.5, 0.6) is 11.5 Å². The Morgan fingerprint density at radius 3 is 2.48 bits per heavy atom. The Morgan fingerprint density at radius 2 is 1.74 bits per heavy atom. The average molecular weight is 323 g/mol. The lowest BCUT2D eigenvalue weighted by Gasteiger charge is -2.06. The summed E-state index contributed by atoms with van der Waals surface area (Å²) in [7, 11) is 0. The van der Waals surface area contributed by atoms with Gasteiger partial charge in [0, 0.05) is 12.1 Å². The lowest BCUT2D eigenvalue weighted by atomic mass is 10.1. The van der Waals surface area contributed by atoms with Crippen molar-refractivity contribution in [2.75, 3.05) is 6.54 Å². The highest BCUT2D eigenvalue weighted by atomic mass is 19.3. The van der Waals surface area contributed by atoms with Crippen LogP contribution in [0.3, 0.4) is 0 Å². The molecule has 0 spiro atoms. The van der Waals surface area contributed by atoms with Crippen LogP contribution in [0.2, 0.25) is 0 Å². The van der Waals surface area contributed by atoms with Gasteiger partial charge in [-0.25, -0.2) is 4.39 Å². The first kappa shape index (κ1) is 15.2. The molecule has 0 atom stereocenters. The maximum atomic E-state index is 12.9. The van der Waals surface area contributed by atoms with Gasteiger partial charge in [0.05, 0.1) is 0 Å². The van der Waals surface area contributed by atoms with Gasteiger partial charge >= 0.3 is 6.29 Å². The second-order valence-electron chi connectivity index (χ2n) is 4.96. The number of ether oxygens (including phenoxy) is 2. The van der Waals surface area contributed by atoms with E-state index in [1.165, 1.54) is 30.3 Å². The molecule has 23 heavy (non-hydrogen) atoms. The van der Waals surface area contributed by atoms with Gasteiger partial charge in [-0.3, -0.25) is 4.79 Å². The first-order valence-corrected chi connectivity index (χ1v) is 6.85. The Morgan fingerprint density at radius 1 is 1.04 bits per heavy atom. The number of carbonyl (C=O) groups excluding carboxylic acids is 1. The zero-order valence-electron chi connectivity index (χ0n) is 11.8. The number of nitrogens with one attached hydrogen (secondary N) is 1. The Balaban J connectivity index is 1.58. The normalized spacial score (nSPS) is 14.6. The predicted octanol–water partition coefficient (Wildman–Crippen LogP) is 3.12. The molecule has 1 aliphatic heterocycles. The van der Waals surface area contributed by atoms with Gasteiger partial charge in [0.25, 0.3) is 5.91 Å². The number of halogens is 3. The first-order valence-electron chi connectivity index (χ1n) is 6.85. The first-order chi connectivity index (χ1) is 10.9. The summed E-state index contributed by atoms with van der Waals surface area (Å²) in [4.78, 5) is 12.0. The molecule has 0 saturated carbocycles. The Kier molecular flexibility index (Phi) is 3.85. The van der Waals surface area contributed by atoms with E-state index in [1.54, 1.807) is 12.1 Å². The molecule has 1 N–H and O–H groups in total. The third-order valence-electron chi connectivity index (χ3n) is 3.28. The minimum Gasteiger partial charge on any atom is -0.395 e. The van der Waals surface area contributed by atoms with Gasteiger partial charge in [0.2, 0.25) is 0 Å². The van der Waals surface area contributed by atoms with Gasteiger partial charge in [-0.05, 0) is 42.3 Å². The van der Waals surface area contributed by atoms with Crippen LogP contribution < -0.4 is 14.8 Å². The average Bonchev–Trinajstić information content (AvgIpc) is 2.82. The minimum atomic E-state index is -3.71. The molecule has 1 amide bonds. The summed E-state index contributed by atoms with van der Waals surface area (Å²) in [5.41, 5.74) is 1.06. The van der Waals surface area contributed by atoms with Gasteiger partial charge in [-0.2, -0.15) is 0 Å². The minimum absolute atomic E-state index is 0.113. The number of hydrogen-bond donors (Lipinski definition) is 1. The van der Waals surface area contributed by atoms with Gasteiger partial charge in [-0.15, -0.1) is 8.78 Å². The largest absolute Gasteiger partial charge is 0.586 e. The number of rotatable bonds is 4. The number of fused-ring (bicyclic) bond motifs is 1. The molecule has 0 saturated heterocycles. The van der Waals surface area contributed by atoms with E-state index in [4.69, 9.17) is 0 Å². The summed E-state index contributed by atoms with van der Waals surface area (Å²) in [6.45, 7) is 0.328. The van der Waals surface area contributed by atoms with Crippen LogP contribution in [0.1, 0.15) is 15.9 Å². The van der Waals surface area contributed by atoms with Crippen molar-refractivity contribution >= 4 is 5.91 Å². The van der Waals surface area contributed by atoms with E-state index in [0.29, 0.717) is 13.0 Å². The molecule has 0 bridgehead atoms. The molecule has 1 aliphatic rings. The van der Waals surface area contributed by atoms with Gasteiger partial charge in [0.1, 0.15) is 5.82 Å². The van der Waals surface area contributed by atoms with Crippen molar-refractivity contribution < 1.29 is 27.4 Å². The molecular formula is C16H12F3NO3. The SMILES string of the molecule is O=C(NCCc1ccc(F)cc1)c1ccc2c(c1)OC(F)(F)O2. The van der Waals surface area contributed by atoms with Crippen molar-refractivity contribution in [3.63, 3.8) is 0 Å². The van der Waals surface area contributed by atoms with Crippen LogP contribution in [0.4, 0.5) is 13.2 Å². The molecule has 7 heteroatoms. The van der Waals surface area contributed by atoms with Crippen molar-refractivity contribution in [3.05, 3.63) is 59.4 Å². The molecule has 4 nitrogen and oxygen atoms in total. The molecule has 3 rings (SSSR count). The van der Waals surface area contributed by atoms with E-state index in [0.717, 1.165) is 5.56 Å². The van der Waals surface area contributed by atoms with Crippen LogP contribution in [0.15, 0.2) is 42.5 Å². The summed E-state index contributed by atoms with van der Waals surface area (Å²) < 4.78 is 47.2. The zero-order chi connectivity index (χ0) is 16.4. The van der Waals surface area contributed by atoms with E-state index in [1.807, 2.05) is 0 Å². The van der Waals surface area contributed by atoms with E-state index in [2.05, 4.69) is 14.8 Å². The highest BCUT2D eigenvalue weighted by Crippen LogP contribution is 2.41. The summed E-state index contributed by atoms with van der Waals surface area (Å²) in [6, 6.07) is 9.77. The molecule has 2 aromatic carbocycles. The van der Waals surface area contributed by atoms with Gasteiger partial charge in [0.15, 0.2) is 11.5 Å². The maximum absolute atomic E-state index is 12.9. The van der Waals surface area contributed by atoms with Crippen molar-refractivity contribution in [1.29, 1.82) is 0 Å². The van der Waals surface area contributed by atoms with E-state index < -0.39 is 12.2 Å².